The van der Waals surface area contributed by atoms with E-state index in [2.05, 4.69) is 22.5 Å². The fourth-order valence-corrected chi connectivity index (χ4v) is 2.03. The fraction of sp³-hybridized carbons (Fsp3) is 0.615. The van der Waals surface area contributed by atoms with Gasteiger partial charge in [-0.2, -0.15) is 0 Å². The fourth-order valence-electron chi connectivity index (χ4n) is 2.03. The van der Waals surface area contributed by atoms with Gasteiger partial charge in [0.2, 0.25) is 0 Å². The van der Waals surface area contributed by atoms with Crippen LogP contribution in [0.4, 0.5) is 4.79 Å². The zero-order valence-corrected chi connectivity index (χ0v) is 11.2. The van der Waals surface area contributed by atoms with Gasteiger partial charge in [0.1, 0.15) is 0 Å². The Labute approximate surface area is 113 Å². The summed E-state index contributed by atoms with van der Waals surface area (Å²) in [4.78, 5) is 13.9. The molecule has 1 saturated heterocycles. The Morgan fingerprint density at radius 2 is 2.21 bits per heavy atom. The molecule has 2 N–H and O–H groups in total. The van der Waals surface area contributed by atoms with Gasteiger partial charge in [-0.15, -0.1) is 0 Å². The molecule has 0 spiro atoms. The number of amides is 2. The Morgan fingerprint density at radius 3 is 2.89 bits per heavy atom. The predicted octanol–water partition coefficient (Wildman–Crippen LogP) is 0.799. The lowest BCUT2D eigenvalue weighted by Gasteiger charge is -2.32. The van der Waals surface area contributed by atoms with E-state index in [-0.39, 0.29) is 6.03 Å². The van der Waals surface area contributed by atoms with E-state index < -0.39 is 0 Å². The van der Waals surface area contributed by atoms with E-state index in [1.807, 2.05) is 6.07 Å². The number of furan rings is 1. The third-order valence-corrected chi connectivity index (χ3v) is 3.26. The van der Waals surface area contributed by atoms with Crippen molar-refractivity contribution in [3.05, 3.63) is 24.2 Å². The van der Waals surface area contributed by atoms with Gasteiger partial charge in [-0.3, -0.25) is 4.90 Å². The van der Waals surface area contributed by atoms with E-state index in [1.165, 1.54) is 0 Å². The first-order chi connectivity index (χ1) is 9.25. The molecule has 1 aliphatic rings. The quantitative estimate of drug-likeness (QED) is 0.828. The first-order valence-electron chi connectivity index (χ1n) is 6.60. The van der Waals surface area contributed by atoms with E-state index in [0.717, 1.165) is 31.9 Å². The minimum absolute atomic E-state index is 0.152. The average molecular weight is 267 g/mol. The van der Waals surface area contributed by atoms with Crippen LogP contribution in [-0.2, 0) is 11.3 Å². The second kappa shape index (κ2) is 7.16. The molecule has 2 amide bonds. The number of carbonyl (C=O) groups excluding carboxylic acids is 1. The summed E-state index contributed by atoms with van der Waals surface area (Å²) in [5, 5.41) is 5.67. The number of morpholine rings is 1. The molecule has 1 atom stereocenters. The van der Waals surface area contributed by atoms with Crippen molar-refractivity contribution >= 4 is 6.03 Å². The van der Waals surface area contributed by atoms with Crippen LogP contribution >= 0.6 is 0 Å². The van der Waals surface area contributed by atoms with Crippen molar-refractivity contribution in [1.29, 1.82) is 0 Å². The molecule has 0 radical (unpaired) electrons. The van der Waals surface area contributed by atoms with Crippen LogP contribution in [0.3, 0.4) is 0 Å². The lowest BCUT2D eigenvalue weighted by Crippen LogP contribution is -2.48. The molecule has 0 aromatic carbocycles. The molecule has 0 bridgehead atoms. The van der Waals surface area contributed by atoms with Crippen molar-refractivity contribution in [2.24, 2.45) is 0 Å². The minimum atomic E-state index is -0.152. The summed E-state index contributed by atoms with van der Waals surface area (Å²) < 4.78 is 10.2. The lowest BCUT2D eigenvalue weighted by atomic mass is 10.2. The Morgan fingerprint density at radius 1 is 1.42 bits per heavy atom. The summed E-state index contributed by atoms with van der Waals surface area (Å²) in [7, 11) is 0. The highest BCUT2D eigenvalue weighted by atomic mass is 16.5. The zero-order valence-electron chi connectivity index (χ0n) is 11.2. The Bertz CT molecular complexity index is 374. The third-order valence-electron chi connectivity index (χ3n) is 3.26. The first kappa shape index (κ1) is 13.9. The Balaban J connectivity index is 1.62. The van der Waals surface area contributed by atoms with Gasteiger partial charge in [0.15, 0.2) is 0 Å². The van der Waals surface area contributed by atoms with Gasteiger partial charge in [0, 0.05) is 37.8 Å². The lowest BCUT2D eigenvalue weighted by molar-refractivity contribution is 0.0209. The summed E-state index contributed by atoms with van der Waals surface area (Å²) in [5.41, 5.74) is 0.955. The molecule has 0 saturated carbocycles. The molecule has 6 nitrogen and oxygen atoms in total. The topological polar surface area (TPSA) is 66.7 Å². The number of hydrogen-bond acceptors (Lipinski definition) is 4. The molecule has 1 aromatic heterocycles. The monoisotopic (exact) mass is 267 g/mol. The van der Waals surface area contributed by atoms with Crippen molar-refractivity contribution in [2.45, 2.75) is 19.5 Å². The first-order valence-corrected chi connectivity index (χ1v) is 6.60. The van der Waals surface area contributed by atoms with Crippen LogP contribution < -0.4 is 10.6 Å². The number of ether oxygens (including phenoxy) is 1. The van der Waals surface area contributed by atoms with E-state index in [9.17, 15) is 4.79 Å². The van der Waals surface area contributed by atoms with E-state index >= 15 is 0 Å². The third kappa shape index (κ3) is 4.57. The highest BCUT2D eigenvalue weighted by molar-refractivity contribution is 5.73. The largest absolute Gasteiger partial charge is 0.472 e. The molecule has 1 aromatic rings. The molecule has 2 heterocycles. The van der Waals surface area contributed by atoms with Crippen molar-refractivity contribution in [3.63, 3.8) is 0 Å². The summed E-state index contributed by atoms with van der Waals surface area (Å²) in [6.07, 6.45) is 3.21. The van der Waals surface area contributed by atoms with Crippen LogP contribution in [0, 0.1) is 0 Å². The average Bonchev–Trinajstić information content (AvgIpc) is 2.96. The van der Waals surface area contributed by atoms with Gasteiger partial charge in [0.25, 0.3) is 0 Å². The summed E-state index contributed by atoms with van der Waals surface area (Å²) in [6.45, 7) is 6.64. The number of urea groups is 1. The molecular weight excluding hydrogens is 246 g/mol. The number of nitrogens with zero attached hydrogens (tertiary/aromatic N) is 1. The van der Waals surface area contributed by atoms with Crippen LogP contribution in [-0.4, -0.2) is 49.8 Å². The van der Waals surface area contributed by atoms with Crippen molar-refractivity contribution < 1.29 is 13.9 Å². The maximum Gasteiger partial charge on any atom is 0.315 e. The highest BCUT2D eigenvalue weighted by Gasteiger charge is 2.17. The normalized spacial score (nSPS) is 17.9. The number of rotatable bonds is 5. The Kier molecular flexibility index (Phi) is 5.23. The van der Waals surface area contributed by atoms with Crippen molar-refractivity contribution in [3.8, 4) is 0 Å². The molecule has 106 valence electrons. The van der Waals surface area contributed by atoms with Gasteiger partial charge >= 0.3 is 6.03 Å². The van der Waals surface area contributed by atoms with Gasteiger partial charge in [-0.25, -0.2) is 4.79 Å². The molecule has 0 unspecified atom stereocenters. The molecule has 0 aliphatic carbocycles. The van der Waals surface area contributed by atoms with Crippen molar-refractivity contribution in [1.82, 2.24) is 15.5 Å². The molecule has 1 aliphatic heterocycles. The summed E-state index contributed by atoms with van der Waals surface area (Å²) in [5.74, 6) is 0. The van der Waals surface area contributed by atoms with Gasteiger partial charge in [-0.1, -0.05) is 0 Å². The van der Waals surface area contributed by atoms with Crippen LogP contribution in [0.2, 0.25) is 0 Å². The highest BCUT2D eigenvalue weighted by Crippen LogP contribution is 2.02. The SMILES string of the molecule is C[C@H](CNC(=O)NCc1ccoc1)N1CCOCC1. The van der Waals surface area contributed by atoms with Gasteiger partial charge < -0.3 is 19.8 Å². The predicted molar refractivity (Wildman–Crippen MR) is 70.8 cm³/mol. The van der Waals surface area contributed by atoms with E-state index in [0.29, 0.717) is 19.1 Å². The number of nitrogens with one attached hydrogen (secondary N) is 2. The molecule has 2 rings (SSSR count). The standard InChI is InChI=1S/C13H21N3O3/c1-11(16-3-6-18-7-4-16)8-14-13(17)15-9-12-2-5-19-10-12/h2,5,10-11H,3-4,6-9H2,1H3,(H2,14,15,17)/t11-/m1/s1. The van der Waals surface area contributed by atoms with E-state index in [4.69, 9.17) is 9.15 Å². The number of hydrogen-bond donors (Lipinski definition) is 2. The molecule has 6 heteroatoms. The maximum absolute atomic E-state index is 11.6. The zero-order chi connectivity index (χ0) is 13.5. The number of carbonyl (C=O) groups is 1. The van der Waals surface area contributed by atoms with Crippen molar-refractivity contribution in [2.75, 3.05) is 32.8 Å². The van der Waals surface area contributed by atoms with Gasteiger partial charge in [0.05, 0.1) is 25.7 Å². The van der Waals surface area contributed by atoms with Gasteiger partial charge in [-0.05, 0) is 13.0 Å². The second-order valence-corrected chi connectivity index (χ2v) is 4.69. The maximum atomic E-state index is 11.6. The molecule has 1 fully saturated rings. The Hall–Kier alpha value is -1.53. The minimum Gasteiger partial charge on any atom is -0.472 e. The second-order valence-electron chi connectivity index (χ2n) is 4.69. The van der Waals surface area contributed by atoms with Crippen LogP contribution in [0.25, 0.3) is 0 Å². The molecule has 19 heavy (non-hydrogen) atoms. The van der Waals surface area contributed by atoms with Crippen LogP contribution in [0.15, 0.2) is 23.0 Å². The van der Waals surface area contributed by atoms with Crippen LogP contribution in [0.5, 0.6) is 0 Å². The summed E-state index contributed by atoms with van der Waals surface area (Å²) in [6, 6.07) is 2.00. The van der Waals surface area contributed by atoms with Crippen LogP contribution in [0.1, 0.15) is 12.5 Å². The van der Waals surface area contributed by atoms with E-state index in [1.54, 1.807) is 12.5 Å². The summed E-state index contributed by atoms with van der Waals surface area (Å²) >= 11 is 0. The molecular formula is C13H21N3O3. The smallest absolute Gasteiger partial charge is 0.315 e.